The highest BCUT2D eigenvalue weighted by Crippen LogP contribution is 2.38. The number of nitrogens with zero attached hydrogens (tertiary/aromatic N) is 5. The first-order valence-electron chi connectivity index (χ1n) is 13.2. The molecule has 0 spiro atoms. The summed E-state index contributed by atoms with van der Waals surface area (Å²) < 4.78 is 15.8. The third kappa shape index (κ3) is 4.96. The molecule has 3 aromatic heterocycles. The molecule has 1 aliphatic rings. The number of benzene rings is 1. The lowest BCUT2D eigenvalue weighted by molar-refractivity contribution is 0.358. The van der Waals surface area contributed by atoms with Gasteiger partial charge in [0, 0.05) is 36.6 Å². The van der Waals surface area contributed by atoms with Gasteiger partial charge in [0.25, 0.3) is 0 Å². The number of halogens is 1. The van der Waals surface area contributed by atoms with Crippen molar-refractivity contribution in [1.29, 1.82) is 5.26 Å². The number of hydrogen-bond acceptors (Lipinski definition) is 4. The van der Waals surface area contributed by atoms with Crippen LogP contribution in [0, 0.1) is 30.0 Å². The number of pyridine rings is 2. The van der Waals surface area contributed by atoms with E-state index in [1.807, 2.05) is 23.0 Å². The van der Waals surface area contributed by atoms with Crippen molar-refractivity contribution < 1.29 is 4.39 Å². The van der Waals surface area contributed by atoms with Crippen LogP contribution in [0.2, 0.25) is 0 Å². The molecule has 5 rings (SSSR count). The van der Waals surface area contributed by atoms with E-state index in [0.29, 0.717) is 11.5 Å². The molecule has 0 N–H and O–H groups in total. The zero-order chi connectivity index (χ0) is 26.2. The van der Waals surface area contributed by atoms with Crippen molar-refractivity contribution in [2.45, 2.75) is 58.8 Å². The fraction of sp³-hybridized carbons (Fsp3) is 0.387. The van der Waals surface area contributed by atoms with Crippen molar-refractivity contribution in [2.75, 3.05) is 18.0 Å². The number of aryl methyl sites for hydroxylation is 2. The molecule has 0 aliphatic carbocycles. The van der Waals surface area contributed by atoms with Crippen molar-refractivity contribution in [3.63, 3.8) is 0 Å². The first kappa shape index (κ1) is 25.0. The highest BCUT2D eigenvalue weighted by Gasteiger charge is 2.33. The molecule has 4 aromatic rings. The predicted octanol–water partition coefficient (Wildman–Crippen LogP) is 6.86. The third-order valence-electron chi connectivity index (χ3n) is 7.90. The summed E-state index contributed by atoms with van der Waals surface area (Å²) in [5.41, 5.74) is 6.79. The van der Waals surface area contributed by atoms with Gasteiger partial charge in [0.15, 0.2) is 0 Å². The van der Waals surface area contributed by atoms with Crippen LogP contribution in [0.15, 0.2) is 55.0 Å². The molecular formula is C31H34FN5. The minimum absolute atomic E-state index is 0.0413. The van der Waals surface area contributed by atoms with E-state index in [9.17, 15) is 9.65 Å². The minimum atomic E-state index is -0.165. The summed E-state index contributed by atoms with van der Waals surface area (Å²) in [5.74, 6) is 1.40. The van der Waals surface area contributed by atoms with Crippen molar-refractivity contribution in [3.8, 4) is 17.2 Å². The average molecular weight is 496 g/mol. The summed E-state index contributed by atoms with van der Waals surface area (Å²) in [4.78, 5) is 7.15. The Morgan fingerprint density at radius 2 is 1.89 bits per heavy atom. The second-order valence-electron chi connectivity index (χ2n) is 11.1. The molecule has 0 atom stereocenters. The molecule has 1 saturated heterocycles. The van der Waals surface area contributed by atoms with Crippen LogP contribution in [0.3, 0.4) is 0 Å². The fourth-order valence-corrected chi connectivity index (χ4v) is 5.55. The van der Waals surface area contributed by atoms with Crippen LogP contribution in [-0.4, -0.2) is 27.7 Å². The van der Waals surface area contributed by atoms with Gasteiger partial charge in [0.2, 0.25) is 0 Å². The maximum absolute atomic E-state index is 14.0. The zero-order valence-corrected chi connectivity index (χ0v) is 22.1. The SMILES string of the molecule is Cc1ccc(F)cc1C1(C)CCN(c2ccc(-c3cc(CCC(C)C)cn4ncc(C#N)c34)cn2)CC1. The number of hydrogen-bond donors (Lipinski definition) is 0. The molecular weight excluding hydrogens is 461 g/mol. The Hall–Kier alpha value is -3.72. The van der Waals surface area contributed by atoms with Gasteiger partial charge in [0.05, 0.1) is 17.3 Å². The molecule has 0 saturated carbocycles. The van der Waals surface area contributed by atoms with E-state index >= 15 is 0 Å². The number of nitriles is 1. The number of anilines is 1. The molecule has 0 amide bonds. The maximum Gasteiger partial charge on any atom is 0.128 e. The molecule has 1 aliphatic heterocycles. The van der Waals surface area contributed by atoms with Gasteiger partial charge in [-0.25, -0.2) is 13.9 Å². The van der Waals surface area contributed by atoms with E-state index in [2.05, 4.69) is 62.0 Å². The standard InChI is InChI=1S/C31H34FN5/c1-21(2)5-7-23-15-27(30-25(17-33)19-35-37(30)20-23)24-8-10-29(34-18-24)36-13-11-31(4,12-14-36)28-16-26(32)9-6-22(28)3/h6,8-10,15-16,18-21H,5,7,11-14H2,1-4H3. The zero-order valence-electron chi connectivity index (χ0n) is 22.1. The summed E-state index contributed by atoms with van der Waals surface area (Å²) in [6, 6.07) is 13.8. The van der Waals surface area contributed by atoms with E-state index < -0.39 is 0 Å². The van der Waals surface area contributed by atoms with Gasteiger partial charge in [-0.05, 0) is 91.0 Å². The van der Waals surface area contributed by atoms with Crippen LogP contribution in [0.5, 0.6) is 0 Å². The fourth-order valence-electron chi connectivity index (χ4n) is 5.55. The predicted molar refractivity (Wildman–Crippen MR) is 146 cm³/mol. The normalized spacial score (nSPS) is 15.3. The molecule has 4 heterocycles. The highest BCUT2D eigenvalue weighted by atomic mass is 19.1. The lowest BCUT2D eigenvalue weighted by Crippen LogP contribution is -2.41. The Labute approximate surface area is 218 Å². The van der Waals surface area contributed by atoms with E-state index in [4.69, 9.17) is 4.98 Å². The van der Waals surface area contributed by atoms with Gasteiger partial charge in [-0.1, -0.05) is 26.8 Å². The Bertz CT molecular complexity index is 1450. The molecule has 5 nitrogen and oxygen atoms in total. The molecule has 1 aromatic carbocycles. The summed E-state index contributed by atoms with van der Waals surface area (Å²) in [7, 11) is 0. The monoisotopic (exact) mass is 495 g/mol. The number of piperidine rings is 1. The van der Waals surface area contributed by atoms with E-state index in [0.717, 1.165) is 72.4 Å². The van der Waals surface area contributed by atoms with Gasteiger partial charge in [-0.15, -0.1) is 0 Å². The van der Waals surface area contributed by atoms with Crippen molar-refractivity contribution in [3.05, 3.63) is 83.1 Å². The van der Waals surface area contributed by atoms with Crippen LogP contribution in [-0.2, 0) is 11.8 Å². The Morgan fingerprint density at radius 3 is 2.57 bits per heavy atom. The first-order chi connectivity index (χ1) is 17.8. The smallest absolute Gasteiger partial charge is 0.128 e. The van der Waals surface area contributed by atoms with Crippen molar-refractivity contribution >= 4 is 11.3 Å². The molecule has 37 heavy (non-hydrogen) atoms. The van der Waals surface area contributed by atoms with Crippen molar-refractivity contribution in [2.24, 2.45) is 5.92 Å². The maximum atomic E-state index is 14.0. The summed E-state index contributed by atoms with van der Waals surface area (Å²) in [6.45, 7) is 10.5. The number of aromatic nitrogens is 3. The minimum Gasteiger partial charge on any atom is -0.357 e. The van der Waals surface area contributed by atoms with Gasteiger partial charge in [-0.3, -0.25) is 0 Å². The van der Waals surface area contributed by atoms with Crippen LogP contribution < -0.4 is 4.90 Å². The van der Waals surface area contributed by atoms with Gasteiger partial charge in [-0.2, -0.15) is 10.4 Å². The van der Waals surface area contributed by atoms with Crippen LogP contribution >= 0.6 is 0 Å². The van der Waals surface area contributed by atoms with Crippen molar-refractivity contribution in [1.82, 2.24) is 14.6 Å². The van der Waals surface area contributed by atoms with Crippen LogP contribution in [0.1, 0.15) is 62.3 Å². The second kappa shape index (κ2) is 9.97. The largest absolute Gasteiger partial charge is 0.357 e. The van der Waals surface area contributed by atoms with Gasteiger partial charge >= 0.3 is 0 Å². The molecule has 0 radical (unpaired) electrons. The molecule has 190 valence electrons. The highest BCUT2D eigenvalue weighted by molar-refractivity contribution is 5.84. The number of fused-ring (bicyclic) bond motifs is 1. The molecule has 6 heteroatoms. The summed E-state index contributed by atoms with van der Waals surface area (Å²) in [5, 5.41) is 14.1. The Balaban J connectivity index is 1.39. The quantitative estimate of drug-likeness (QED) is 0.293. The van der Waals surface area contributed by atoms with Gasteiger partial charge < -0.3 is 4.90 Å². The molecule has 0 bridgehead atoms. The van der Waals surface area contributed by atoms with Crippen LogP contribution in [0.25, 0.3) is 16.6 Å². The Kier molecular flexibility index (Phi) is 6.72. The average Bonchev–Trinajstić information content (AvgIpc) is 3.32. The first-order valence-corrected chi connectivity index (χ1v) is 13.2. The lowest BCUT2D eigenvalue weighted by Gasteiger charge is -2.41. The summed E-state index contributed by atoms with van der Waals surface area (Å²) >= 11 is 0. The van der Waals surface area contributed by atoms with E-state index in [1.165, 1.54) is 5.56 Å². The van der Waals surface area contributed by atoms with E-state index in [-0.39, 0.29) is 11.2 Å². The third-order valence-corrected chi connectivity index (χ3v) is 7.90. The van der Waals surface area contributed by atoms with E-state index in [1.54, 1.807) is 18.3 Å². The Morgan fingerprint density at radius 1 is 1.11 bits per heavy atom. The molecule has 1 fully saturated rings. The second-order valence-corrected chi connectivity index (χ2v) is 11.1. The molecule has 0 unspecified atom stereocenters. The lowest BCUT2D eigenvalue weighted by atomic mass is 9.73. The van der Waals surface area contributed by atoms with Crippen LogP contribution in [0.4, 0.5) is 10.2 Å². The number of rotatable bonds is 6. The summed E-state index contributed by atoms with van der Waals surface area (Å²) in [6.07, 6.45) is 9.53. The van der Waals surface area contributed by atoms with Gasteiger partial charge in [0.1, 0.15) is 17.7 Å². The topological polar surface area (TPSA) is 57.2 Å².